The van der Waals surface area contributed by atoms with Crippen molar-refractivity contribution in [2.24, 2.45) is 0 Å². The Hall–Kier alpha value is -1.93. The number of benzene rings is 2. The molecule has 1 unspecified atom stereocenters. The van der Waals surface area contributed by atoms with Crippen molar-refractivity contribution in [3.05, 3.63) is 70.8 Å². The van der Waals surface area contributed by atoms with Gasteiger partial charge in [-0.25, -0.2) is 0 Å². The molecule has 0 aliphatic heterocycles. The third-order valence-electron chi connectivity index (χ3n) is 4.82. The fraction of sp³-hybridized carbons (Fsp3) is 0.381. The van der Waals surface area contributed by atoms with Gasteiger partial charge in [0.25, 0.3) is 0 Å². The predicted molar refractivity (Wildman–Crippen MR) is 94.8 cm³/mol. The smallest absolute Gasteiger partial charge is 0.150 e. The summed E-state index contributed by atoms with van der Waals surface area (Å²) in [6.45, 7) is 4.42. The Bertz CT molecular complexity index is 650. The van der Waals surface area contributed by atoms with Crippen LogP contribution in [0.3, 0.4) is 0 Å². The third-order valence-corrected chi connectivity index (χ3v) is 4.82. The number of hydrogen-bond donors (Lipinski definition) is 0. The van der Waals surface area contributed by atoms with E-state index in [0.717, 1.165) is 37.8 Å². The SMILES string of the molecule is CCCN(Cc1ccccc1)C1CCc2cc(C=O)ccc2C1. The molecule has 0 aromatic heterocycles. The van der Waals surface area contributed by atoms with E-state index in [1.807, 2.05) is 6.07 Å². The maximum atomic E-state index is 10.9. The van der Waals surface area contributed by atoms with Gasteiger partial charge in [0, 0.05) is 18.2 Å². The van der Waals surface area contributed by atoms with E-state index in [1.165, 1.54) is 29.5 Å². The van der Waals surface area contributed by atoms with Crippen molar-refractivity contribution in [2.75, 3.05) is 6.54 Å². The molecule has 0 fully saturated rings. The standard InChI is InChI=1S/C21H25NO/c1-2-12-22(15-17-6-4-3-5-7-17)21-11-10-19-13-18(16-23)8-9-20(19)14-21/h3-9,13,16,21H,2,10-12,14-15H2,1H3. The molecule has 3 rings (SSSR count). The molecule has 1 aliphatic rings. The number of fused-ring (bicyclic) bond motifs is 1. The van der Waals surface area contributed by atoms with E-state index in [9.17, 15) is 4.79 Å². The van der Waals surface area contributed by atoms with Crippen LogP contribution in [-0.2, 0) is 19.4 Å². The Labute approximate surface area is 139 Å². The Morgan fingerprint density at radius 3 is 2.70 bits per heavy atom. The average molecular weight is 307 g/mol. The second-order valence-corrected chi connectivity index (χ2v) is 6.50. The van der Waals surface area contributed by atoms with E-state index >= 15 is 0 Å². The van der Waals surface area contributed by atoms with Gasteiger partial charge in [0.05, 0.1) is 0 Å². The highest BCUT2D eigenvalue weighted by Gasteiger charge is 2.24. The minimum atomic E-state index is 0.602. The van der Waals surface area contributed by atoms with Crippen LogP contribution in [0.25, 0.3) is 0 Å². The number of aldehydes is 1. The molecular formula is C21H25NO. The molecule has 0 bridgehead atoms. The Morgan fingerprint density at radius 2 is 1.96 bits per heavy atom. The first-order chi connectivity index (χ1) is 11.3. The number of rotatable bonds is 6. The highest BCUT2D eigenvalue weighted by molar-refractivity contribution is 5.75. The summed E-state index contributed by atoms with van der Waals surface area (Å²) in [6.07, 6.45) is 5.49. The number of hydrogen-bond acceptors (Lipinski definition) is 2. The van der Waals surface area contributed by atoms with Crippen LogP contribution in [0.2, 0.25) is 0 Å². The van der Waals surface area contributed by atoms with Crippen LogP contribution in [0.1, 0.15) is 46.8 Å². The summed E-state index contributed by atoms with van der Waals surface area (Å²) >= 11 is 0. The molecular weight excluding hydrogens is 282 g/mol. The molecule has 2 heteroatoms. The second kappa shape index (κ2) is 7.56. The number of carbonyl (C=O) groups is 1. The fourth-order valence-electron chi connectivity index (χ4n) is 3.64. The van der Waals surface area contributed by atoms with Crippen molar-refractivity contribution < 1.29 is 4.79 Å². The number of aryl methyl sites for hydroxylation is 1. The van der Waals surface area contributed by atoms with Crippen molar-refractivity contribution in [3.63, 3.8) is 0 Å². The first kappa shape index (κ1) is 15.9. The lowest BCUT2D eigenvalue weighted by Crippen LogP contribution is -2.39. The van der Waals surface area contributed by atoms with Gasteiger partial charge in [-0.1, -0.05) is 49.4 Å². The van der Waals surface area contributed by atoms with E-state index in [2.05, 4.69) is 54.3 Å². The highest BCUT2D eigenvalue weighted by Crippen LogP contribution is 2.26. The summed E-state index contributed by atoms with van der Waals surface area (Å²) in [6, 6.07) is 17.5. The lowest BCUT2D eigenvalue weighted by atomic mass is 9.86. The molecule has 120 valence electrons. The Balaban J connectivity index is 1.74. The molecule has 2 nitrogen and oxygen atoms in total. The maximum absolute atomic E-state index is 10.9. The summed E-state index contributed by atoms with van der Waals surface area (Å²) in [5.41, 5.74) is 4.97. The van der Waals surface area contributed by atoms with E-state index in [1.54, 1.807) is 0 Å². The van der Waals surface area contributed by atoms with Gasteiger partial charge < -0.3 is 0 Å². The molecule has 0 N–H and O–H groups in total. The van der Waals surface area contributed by atoms with Crippen molar-refractivity contribution in [2.45, 2.75) is 45.2 Å². The summed E-state index contributed by atoms with van der Waals surface area (Å²) in [5.74, 6) is 0. The van der Waals surface area contributed by atoms with E-state index in [0.29, 0.717) is 6.04 Å². The summed E-state index contributed by atoms with van der Waals surface area (Å²) in [7, 11) is 0. The molecule has 0 amide bonds. The first-order valence-electron chi connectivity index (χ1n) is 8.65. The Morgan fingerprint density at radius 1 is 1.13 bits per heavy atom. The molecule has 23 heavy (non-hydrogen) atoms. The minimum absolute atomic E-state index is 0.602. The van der Waals surface area contributed by atoms with Crippen LogP contribution in [0.5, 0.6) is 0 Å². The monoisotopic (exact) mass is 307 g/mol. The number of carbonyl (C=O) groups excluding carboxylic acids is 1. The molecule has 2 aromatic rings. The van der Waals surface area contributed by atoms with Crippen LogP contribution in [-0.4, -0.2) is 23.8 Å². The van der Waals surface area contributed by atoms with Gasteiger partial charge in [-0.05, 0) is 55.0 Å². The molecule has 0 heterocycles. The molecule has 1 aliphatic carbocycles. The van der Waals surface area contributed by atoms with Crippen LogP contribution < -0.4 is 0 Å². The fourth-order valence-corrected chi connectivity index (χ4v) is 3.64. The topological polar surface area (TPSA) is 20.3 Å². The van der Waals surface area contributed by atoms with E-state index in [-0.39, 0.29) is 0 Å². The van der Waals surface area contributed by atoms with Gasteiger partial charge in [0.15, 0.2) is 0 Å². The average Bonchev–Trinajstić information content (AvgIpc) is 2.61. The van der Waals surface area contributed by atoms with Crippen LogP contribution >= 0.6 is 0 Å². The first-order valence-corrected chi connectivity index (χ1v) is 8.65. The van der Waals surface area contributed by atoms with Gasteiger partial charge in [0.2, 0.25) is 0 Å². The molecule has 0 spiro atoms. The van der Waals surface area contributed by atoms with Crippen LogP contribution in [0, 0.1) is 0 Å². The van der Waals surface area contributed by atoms with Gasteiger partial charge in [-0.3, -0.25) is 9.69 Å². The highest BCUT2D eigenvalue weighted by atomic mass is 16.1. The largest absolute Gasteiger partial charge is 0.298 e. The van der Waals surface area contributed by atoms with Crippen molar-refractivity contribution in [1.82, 2.24) is 4.90 Å². The zero-order valence-electron chi connectivity index (χ0n) is 13.9. The molecule has 2 aromatic carbocycles. The van der Waals surface area contributed by atoms with Gasteiger partial charge in [-0.15, -0.1) is 0 Å². The molecule has 0 saturated carbocycles. The second-order valence-electron chi connectivity index (χ2n) is 6.50. The zero-order valence-corrected chi connectivity index (χ0v) is 13.9. The van der Waals surface area contributed by atoms with Crippen molar-refractivity contribution >= 4 is 6.29 Å². The van der Waals surface area contributed by atoms with E-state index in [4.69, 9.17) is 0 Å². The molecule has 1 atom stereocenters. The molecule has 0 saturated heterocycles. The number of nitrogens with zero attached hydrogens (tertiary/aromatic N) is 1. The maximum Gasteiger partial charge on any atom is 0.150 e. The third kappa shape index (κ3) is 3.89. The predicted octanol–water partition coefficient (Wildman–Crippen LogP) is 4.27. The minimum Gasteiger partial charge on any atom is -0.298 e. The van der Waals surface area contributed by atoms with Crippen molar-refractivity contribution in [3.8, 4) is 0 Å². The lowest BCUT2D eigenvalue weighted by molar-refractivity contribution is 0.112. The normalized spacial score (nSPS) is 17.0. The zero-order chi connectivity index (χ0) is 16.1. The quantitative estimate of drug-likeness (QED) is 0.743. The Kier molecular flexibility index (Phi) is 5.24. The van der Waals surface area contributed by atoms with E-state index < -0.39 is 0 Å². The molecule has 0 radical (unpaired) electrons. The van der Waals surface area contributed by atoms with Gasteiger partial charge >= 0.3 is 0 Å². The summed E-state index contributed by atoms with van der Waals surface area (Å²) < 4.78 is 0. The van der Waals surface area contributed by atoms with Crippen LogP contribution in [0.4, 0.5) is 0 Å². The van der Waals surface area contributed by atoms with Crippen molar-refractivity contribution in [1.29, 1.82) is 0 Å². The summed E-state index contributed by atoms with van der Waals surface area (Å²) in [4.78, 5) is 13.6. The summed E-state index contributed by atoms with van der Waals surface area (Å²) in [5, 5.41) is 0. The lowest BCUT2D eigenvalue weighted by Gasteiger charge is -2.35. The van der Waals surface area contributed by atoms with Gasteiger partial charge in [-0.2, -0.15) is 0 Å². The van der Waals surface area contributed by atoms with Crippen LogP contribution in [0.15, 0.2) is 48.5 Å². The van der Waals surface area contributed by atoms with Gasteiger partial charge in [0.1, 0.15) is 6.29 Å².